The summed E-state index contributed by atoms with van der Waals surface area (Å²) in [7, 11) is 0. The Morgan fingerprint density at radius 2 is 1.82 bits per heavy atom. The van der Waals surface area contributed by atoms with E-state index >= 15 is 0 Å². The van der Waals surface area contributed by atoms with Gasteiger partial charge in [-0.1, -0.05) is 12.8 Å². The summed E-state index contributed by atoms with van der Waals surface area (Å²) in [5, 5.41) is 8.28. The standard InChI is InChI=1S/C6H11BF3O/c1-6(7(8,9)10)4-2-3-5-11/h11H,1-5H2/q-1. The van der Waals surface area contributed by atoms with Gasteiger partial charge in [0.1, 0.15) is 0 Å². The molecule has 0 aliphatic carbocycles. The molecule has 11 heavy (non-hydrogen) atoms. The summed E-state index contributed by atoms with van der Waals surface area (Å²) in [6.45, 7) is -2.00. The van der Waals surface area contributed by atoms with Crippen LogP contribution >= 0.6 is 0 Å². The molecule has 66 valence electrons. The summed E-state index contributed by atoms with van der Waals surface area (Å²) in [5.41, 5.74) is -0.654. The first-order valence-electron chi connectivity index (χ1n) is 3.47. The maximum absolute atomic E-state index is 11.8. The highest BCUT2D eigenvalue weighted by Crippen LogP contribution is 2.22. The van der Waals surface area contributed by atoms with E-state index in [-0.39, 0.29) is 13.0 Å². The average molecular weight is 167 g/mol. The van der Waals surface area contributed by atoms with Crippen LogP contribution in [-0.4, -0.2) is 18.7 Å². The number of aliphatic hydroxyl groups is 1. The van der Waals surface area contributed by atoms with Gasteiger partial charge in [-0.15, -0.1) is 12.1 Å². The highest BCUT2D eigenvalue weighted by Gasteiger charge is 2.25. The van der Waals surface area contributed by atoms with Crippen LogP contribution in [0.15, 0.2) is 12.1 Å². The molecule has 0 saturated heterocycles. The van der Waals surface area contributed by atoms with Gasteiger partial charge in [0.25, 0.3) is 0 Å². The molecule has 0 aliphatic rings. The van der Waals surface area contributed by atoms with Gasteiger partial charge < -0.3 is 18.1 Å². The van der Waals surface area contributed by atoms with E-state index in [1.807, 2.05) is 0 Å². The molecule has 0 amide bonds. The number of halogens is 3. The van der Waals surface area contributed by atoms with Crippen LogP contribution in [0.5, 0.6) is 0 Å². The Bertz CT molecular complexity index is 132. The van der Waals surface area contributed by atoms with Crippen molar-refractivity contribution in [3.05, 3.63) is 12.1 Å². The van der Waals surface area contributed by atoms with Gasteiger partial charge in [-0.2, -0.15) is 0 Å². The number of allylic oxidation sites excluding steroid dienone is 1. The van der Waals surface area contributed by atoms with Gasteiger partial charge in [0.2, 0.25) is 0 Å². The first kappa shape index (κ1) is 10.6. The first-order valence-corrected chi connectivity index (χ1v) is 3.47. The van der Waals surface area contributed by atoms with Crippen LogP contribution in [0.25, 0.3) is 0 Å². The Kier molecular flexibility index (Phi) is 4.26. The van der Waals surface area contributed by atoms with Crippen LogP contribution in [0.4, 0.5) is 12.9 Å². The van der Waals surface area contributed by atoms with E-state index in [0.717, 1.165) is 0 Å². The lowest BCUT2D eigenvalue weighted by Crippen LogP contribution is -2.18. The predicted molar refractivity (Wildman–Crippen MR) is 39.2 cm³/mol. The maximum atomic E-state index is 11.8. The van der Waals surface area contributed by atoms with E-state index in [1.54, 1.807) is 0 Å². The van der Waals surface area contributed by atoms with E-state index in [2.05, 4.69) is 6.58 Å². The molecule has 0 heterocycles. The van der Waals surface area contributed by atoms with Crippen molar-refractivity contribution in [1.29, 1.82) is 0 Å². The van der Waals surface area contributed by atoms with Gasteiger partial charge >= 0.3 is 6.98 Å². The molecule has 0 saturated carbocycles. The van der Waals surface area contributed by atoms with Crippen molar-refractivity contribution in [2.24, 2.45) is 0 Å². The molecule has 0 rings (SSSR count). The van der Waals surface area contributed by atoms with Crippen molar-refractivity contribution in [2.45, 2.75) is 19.3 Å². The third-order valence-corrected chi connectivity index (χ3v) is 1.37. The number of hydrogen-bond acceptors (Lipinski definition) is 1. The molecule has 0 atom stereocenters. The fraction of sp³-hybridized carbons (Fsp3) is 0.667. The molecule has 5 heteroatoms. The minimum atomic E-state index is -4.86. The zero-order valence-electron chi connectivity index (χ0n) is 6.19. The third-order valence-electron chi connectivity index (χ3n) is 1.37. The van der Waals surface area contributed by atoms with Crippen molar-refractivity contribution < 1.29 is 18.1 Å². The van der Waals surface area contributed by atoms with Gasteiger partial charge in [0.15, 0.2) is 0 Å². The van der Waals surface area contributed by atoms with Crippen molar-refractivity contribution >= 4 is 6.98 Å². The second-order valence-electron chi connectivity index (χ2n) is 2.41. The van der Waals surface area contributed by atoms with Crippen LogP contribution in [-0.2, 0) is 0 Å². The van der Waals surface area contributed by atoms with Gasteiger partial charge in [-0.25, -0.2) is 0 Å². The van der Waals surface area contributed by atoms with Gasteiger partial charge in [0.05, 0.1) is 0 Å². The molecule has 0 aliphatic heterocycles. The lowest BCUT2D eigenvalue weighted by atomic mass is 9.77. The van der Waals surface area contributed by atoms with Crippen molar-refractivity contribution in [3.8, 4) is 0 Å². The van der Waals surface area contributed by atoms with Crippen LogP contribution < -0.4 is 0 Å². The number of aliphatic hydroxyl groups excluding tert-OH is 1. The van der Waals surface area contributed by atoms with E-state index in [1.165, 1.54) is 0 Å². The molecule has 1 N–H and O–H groups in total. The largest absolute Gasteiger partial charge is 0.505 e. The van der Waals surface area contributed by atoms with Crippen LogP contribution in [0.3, 0.4) is 0 Å². The van der Waals surface area contributed by atoms with Crippen LogP contribution in [0, 0.1) is 0 Å². The van der Waals surface area contributed by atoms with Crippen LogP contribution in [0.1, 0.15) is 19.3 Å². The van der Waals surface area contributed by atoms with Crippen molar-refractivity contribution in [1.82, 2.24) is 0 Å². The number of hydrogen-bond donors (Lipinski definition) is 1. The average Bonchev–Trinajstić information content (AvgIpc) is 1.86. The number of unbranched alkanes of at least 4 members (excludes halogenated alkanes) is 1. The second kappa shape index (κ2) is 4.44. The third kappa shape index (κ3) is 4.90. The second-order valence-corrected chi connectivity index (χ2v) is 2.41. The first-order chi connectivity index (χ1) is 4.98. The molecule has 1 nitrogen and oxygen atoms in total. The summed E-state index contributed by atoms with van der Waals surface area (Å²) >= 11 is 0. The zero-order chi connectivity index (χ0) is 8.91. The molecule has 0 aromatic carbocycles. The molecule has 0 radical (unpaired) electrons. The Labute approximate surface area is 64.0 Å². The quantitative estimate of drug-likeness (QED) is 0.490. The molecule has 0 fully saturated rings. The van der Waals surface area contributed by atoms with Gasteiger partial charge in [0, 0.05) is 6.61 Å². The number of rotatable bonds is 5. The minimum absolute atomic E-state index is 0.0515. The Morgan fingerprint density at radius 1 is 1.27 bits per heavy atom. The highest BCUT2D eigenvalue weighted by atomic mass is 19.4. The monoisotopic (exact) mass is 167 g/mol. The molecule has 0 bridgehead atoms. The topological polar surface area (TPSA) is 20.2 Å². The van der Waals surface area contributed by atoms with Crippen LogP contribution in [0.2, 0.25) is 0 Å². The molecular weight excluding hydrogens is 156 g/mol. The molecule has 0 aromatic heterocycles. The van der Waals surface area contributed by atoms with Gasteiger partial charge in [-0.3, -0.25) is 0 Å². The molecular formula is C6H11BF3O-. The lowest BCUT2D eigenvalue weighted by molar-refractivity contribution is 0.284. The van der Waals surface area contributed by atoms with E-state index in [9.17, 15) is 12.9 Å². The van der Waals surface area contributed by atoms with Crippen molar-refractivity contribution in [2.75, 3.05) is 6.61 Å². The maximum Gasteiger partial charge on any atom is 0.505 e. The summed E-state index contributed by atoms with van der Waals surface area (Å²) in [6.07, 6.45) is 0.714. The van der Waals surface area contributed by atoms with E-state index in [4.69, 9.17) is 5.11 Å². The van der Waals surface area contributed by atoms with E-state index < -0.39 is 12.4 Å². The predicted octanol–water partition coefficient (Wildman–Crippen LogP) is 2.09. The summed E-state index contributed by atoms with van der Waals surface area (Å²) in [6, 6.07) is 0. The Balaban J connectivity index is 3.54. The highest BCUT2D eigenvalue weighted by molar-refractivity contribution is 6.66. The molecule has 0 spiro atoms. The zero-order valence-corrected chi connectivity index (χ0v) is 6.19. The summed E-state index contributed by atoms with van der Waals surface area (Å²) in [4.78, 5) is 0. The molecule has 0 aromatic rings. The summed E-state index contributed by atoms with van der Waals surface area (Å²) in [5.74, 6) is 0. The van der Waals surface area contributed by atoms with Crippen molar-refractivity contribution in [3.63, 3.8) is 0 Å². The Morgan fingerprint density at radius 3 is 2.18 bits per heavy atom. The normalized spacial score (nSPS) is 11.6. The smallest absolute Gasteiger partial charge is 0.445 e. The van der Waals surface area contributed by atoms with E-state index in [0.29, 0.717) is 12.8 Å². The lowest BCUT2D eigenvalue weighted by Gasteiger charge is -2.16. The van der Waals surface area contributed by atoms with Gasteiger partial charge in [-0.05, 0) is 6.42 Å². The Hall–Kier alpha value is -0.445. The fourth-order valence-corrected chi connectivity index (χ4v) is 0.628. The fourth-order valence-electron chi connectivity index (χ4n) is 0.628. The summed E-state index contributed by atoms with van der Waals surface area (Å²) < 4.78 is 35.3. The SMILES string of the molecule is C=C(CCCCO)[B-](F)(F)F. The molecule has 0 unspecified atom stereocenters. The minimum Gasteiger partial charge on any atom is -0.445 e.